The maximum absolute atomic E-state index is 13.5. The first-order valence-electron chi connectivity index (χ1n) is 10.1. The fraction of sp³-hybridized carbons (Fsp3) is 0.174. The van der Waals surface area contributed by atoms with E-state index < -0.39 is 33.9 Å². The zero-order valence-corrected chi connectivity index (χ0v) is 20.4. The average Bonchev–Trinajstić information content (AvgIpc) is 3.10. The molecule has 0 radical (unpaired) electrons. The van der Waals surface area contributed by atoms with Crippen molar-refractivity contribution in [3.05, 3.63) is 99.1 Å². The van der Waals surface area contributed by atoms with Crippen LogP contribution in [0, 0.1) is 10.1 Å². The van der Waals surface area contributed by atoms with Crippen molar-refractivity contribution >= 4 is 45.0 Å². The van der Waals surface area contributed by atoms with Gasteiger partial charge < -0.3 is 9.84 Å². The van der Waals surface area contributed by atoms with E-state index in [2.05, 4.69) is 20.9 Å². The summed E-state index contributed by atoms with van der Waals surface area (Å²) in [7, 11) is 0. The molecule has 0 aliphatic carbocycles. The number of rotatable bonds is 5. The van der Waals surface area contributed by atoms with Crippen molar-refractivity contribution in [2.45, 2.75) is 19.9 Å². The third-order valence-corrected chi connectivity index (χ3v) is 6.64. The zero-order chi connectivity index (χ0) is 24.6. The standard InChI is InChI=1S/C23H18BrN3O6S/c1-3-33-22(30)18-12(2)25-23-26(19(18)13-7-5-4-6-8-13)21(29)17(34-23)10-14-9-15(24)11-16(20(14)28)27(31)32/h4-11,19,28H,3H2,1-2H3/b17-10-/t19-/m0/s1. The minimum atomic E-state index is -0.760. The van der Waals surface area contributed by atoms with Crippen LogP contribution >= 0.6 is 27.3 Å². The molecule has 0 saturated carbocycles. The number of fused-ring (bicyclic) bond motifs is 1. The normalized spacial score (nSPS) is 15.6. The number of allylic oxidation sites excluding steroid dienone is 1. The lowest BCUT2D eigenvalue weighted by atomic mass is 9.96. The maximum atomic E-state index is 13.5. The summed E-state index contributed by atoms with van der Waals surface area (Å²) in [5, 5.41) is 21.7. The predicted molar refractivity (Wildman–Crippen MR) is 129 cm³/mol. The molecule has 1 atom stereocenters. The Bertz CT molecular complexity index is 1520. The number of nitro benzene ring substituents is 1. The Morgan fingerprint density at radius 3 is 2.71 bits per heavy atom. The van der Waals surface area contributed by atoms with Gasteiger partial charge in [-0.3, -0.25) is 19.5 Å². The van der Waals surface area contributed by atoms with Crippen LogP contribution in [0.5, 0.6) is 5.75 Å². The van der Waals surface area contributed by atoms with Crippen molar-refractivity contribution in [1.29, 1.82) is 0 Å². The Hall–Kier alpha value is -3.57. The lowest BCUT2D eigenvalue weighted by Crippen LogP contribution is -2.39. The zero-order valence-electron chi connectivity index (χ0n) is 18.0. The van der Waals surface area contributed by atoms with Crippen LogP contribution in [0.2, 0.25) is 0 Å². The first-order chi connectivity index (χ1) is 16.2. The average molecular weight is 544 g/mol. The van der Waals surface area contributed by atoms with Gasteiger partial charge >= 0.3 is 11.7 Å². The van der Waals surface area contributed by atoms with Crippen molar-refractivity contribution in [3.8, 4) is 5.75 Å². The van der Waals surface area contributed by atoms with Crippen LogP contribution in [0.1, 0.15) is 31.0 Å². The van der Waals surface area contributed by atoms with E-state index in [4.69, 9.17) is 4.74 Å². The molecule has 0 amide bonds. The van der Waals surface area contributed by atoms with E-state index in [1.165, 1.54) is 22.8 Å². The Morgan fingerprint density at radius 1 is 1.35 bits per heavy atom. The van der Waals surface area contributed by atoms with Crippen LogP contribution in [0.15, 0.2) is 68.0 Å². The molecule has 1 N–H and O–H groups in total. The van der Waals surface area contributed by atoms with Crippen molar-refractivity contribution in [2.24, 2.45) is 4.99 Å². The largest absolute Gasteiger partial charge is 0.502 e. The summed E-state index contributed by atoms with van der Waals surface area (Å²) in [5.74, 6) is -1.12. The highest BCUT2D eigenvalue weighted by molar-refractivity contribution is 9.10. The molecule has 9 nitrogen and oxygen atoms in total. The second-order valence-electron chi connectivity index (χ2n) is 7.33. The third-order valence-electron chi connectivity index (χ3n) is 5.20. The Labute approximate surface area is 205 Å². The summed E-state index contributed by atoms with van der Waals surface area (Å²) in [5.41, 5.74) is 0.552. The highest BCUT2D eigenvalue weighted by Gasteiger charge is 2.33. The molecule has 0 saturated heterocycles. The number of benzene rings is 2. The van der Waals surface area contributed by atoms with E-state index in [0.717, 1.165) is 11.3 Å². The number of nitrogens with zero attached hydrogens (tertiary/aromatic N) is 3. The number of aromatic hydroxyl groups is 1. The summed E-state index contributed by atoms with van der Waals surface area (Å²) >= 11 is 4.26. The van der Waals surface area contributed by atoms with Gasteiger partial charge in [0.25, 0.3) is 5.56 Å². The number of carbonyl (C=O) groups excluding carboxylic acids is 1. The van der Waals surface area contributed by atoms with Crippen molar-refractivity contribution in [1.82, 2.24) is 4.57 Å². The quantitative estimate of drug-likeness (QED) is 0.299. The smallest absolute Gasteiger partial charge is 0.338 e. The molecular weight excluding hydrogens is 526 g/mol. The molecule has 1 aliphatic heterocycles. The summed E-state index contributed by atoms with van der Waals surface area (Å²) in [6.07, 6.45) is 1.38. The number of carbonyl (C=O) groups is 1. The second kappa shape index (κ2) is 9.35. The maximum Gasteiger partial charge on any atom is 0.338 e. The van der Waals surface area contributed by atoms with Gasteiger partial charge in [-0.05, 0) is 31.6 Å². The van der Waals surface area contributed by atoms with E-state index in [9.17, 15) is 24.8 Å². The molecule has 11 heteroatoms. The highest BCUT2D eigenvalue weighted by atomic mass is 79.9. The number of aromatic nitrogens is 1. The second-order valence-corrected chi connectivity index (χ2v) is 9.26. The molecule has 34 heavy (non-hydrogen) atoms. The number of esters is 1. The SMILES string of the molecule is CCOC(=O)C1=C(C)N=c2s/c(=C\c3cc(Br)cc([N+](=O)[O-])c3O)c(=O)n2[C@H]1c1ccccc1. The van der Waals surface area contributed by atoms with E-state index >= 15 is 0 Å². The van der Waals surface area contributed by atoms with Crippen LogP contribution in [0.4, 0.5) is 5.69 Å². The molecule has 0 bridgehead atoms. The van der Waals surface area contributed by atoms with E-state index in [1.54, 1.807) is 13.8 Å². The van der Waals surface area contributed by atoms with Gasteiger partial charge in [0.1, 0.15) is 0 Å². The van der Waals surface area contributed by atoms with E-state index in [0.29, 0.717) is 20.5 Å². The van der Waals surface area contributed by atoms with Gasteiger partial charge in [-0.25, -0.2) is 9.79 Å². The van der Waals surface area contributed by atoms with Crippen LogP contribution in [-0.2, 0) is 9.53 Å². The molecule has 3 aromatic rings. The number of halogens is 1. The number of ether oxygens (including phenoxy) is 1. The molecule has 0 fully saturated rings. The Balaban J connectivity index is 1.98. The summed E-state index contributed by atoms with van der Waals surface area (Å²) in [4.78, 5) is 41.8. The molecule has 0 unspecified atom stereocenters. The summed E-state index contributed by atoms with van der Waals surface area (Å²) < 4.78 is 7.23. The van der Waals surface area contributed by atoms with Gasteiger partial charge in [0, 0.05) is 16.1 Å². The van der Waals surface area contributed by atoms with Gasteiger partial charge in [-0.15, -0.1) is 0 Å². The fourth-order valence-corrected chi connectivity index (χ4v) is 5.24. The minimum Gasteiger partial charge on any atom is -0.502 e. The minimum absolute atomic E-state index is 0.101. The van der Waals surface area contributed by atoms with E-state index in [-0.39, 0.29) is 22.3 Å². The topological polar surface area (TPSA) is 124 Å². The van der Waals surface area contributed by atoms with Crippen LogP contribution in [0.3, 0.4) is 0 Å². The van der Waals surface area contributed by atoms with Crippen molar-refractivity contribution in [2.75, 3.05) is 6.61 Å². The number of phenolic OH excluding ortho intramolecular Hbond substituents is 1. The molecule has 2 aromatic carbocycles. The third kappa shape index (κ3) is 4.19. The molecule has 4 rings (SSSR count). The van der Waals surface area contributed by atoms with Gasteiger partial charge in [0.2, 0.25) is 5.75 Å². The number of thiazole rings is 1. The van der Waals surface area contributed by atoms with Crippen molar-refractivity contribution in [3.63, 3.8) is 0 Å². The monoisotopic (exact) mass is 543 g/mol. The molecular formula is C23H18BrN3O6S. The number of phenols is 1. The summed E-state index contributed by atoms with van der Waals surface area (Å²) in [6, 6.07) is 11.0. The molecule has 1 aliphatic rings. The molecule has 2 heterocycles. The Kier molecular flexibility index (Phi) is 6.49. The van der Waals surface area contributed by atoms with Crippen molar-refractivity contribution < 1.29 is 19.6 Å². The van der Waals surface area contributed by atoms with Crippen LogP contribution in [0.25, 0.3) is 6.08 Å². The lowest BCUT2D eigenvalue weighted by molar-refractivity contribution is -0.385. The predicted octanol–water partition coefficient (Wildman–Crippen LogP) is 3.17. The molecule has 1 aromatic heterocycles. The molecule has 0 spiro atoms. The first kappa shape index (κ1) is 23.6. The molecule has 174 valence electrons. The van der Waals surface area contributed by atoms with Crippen LogP contribution in [-0.4, -0.2) is 27.2 Å². The van der Waals surface area contributed by atoms with Gasteiger partial charge in [0.15, 0.2) is 4.80 Å². The number of hydrogen-bond donors (Lipinski definition) is 1. The summed E-state index contributed by atoms with van der Waals surface area (Å²) in [6.45, 7) is 3.55. The van der Waals surface area contributed by atoms with Gasteiger partial charge in [0.05, 0.1) is 33.4 Å². The first-order valence-corrected chi connectivity index (χ1v) is 11.7. The highest BCUT2D eigenvalue weighted by Crippen LogP contribution is 2.34. The number of nitro groups is 1. The van der Waals surface area contributed by atoms with Gasteiger partial charge in [-0.1, -0.05) is 57.6 Å². The van der Waals surface area contributed by atoms with Gasteiger partial charge in [-0.2, -0.15) is 0 Å². The fourth-order valence-electron chi connectivity index (χ4n) is 3.74. The Morgan fingerprint density at radius 2 is 2.06 bits per heavy atom. The van der Waals surface area contributed by atoms with E-state index in [1.807, 2.05) is 30.3 Å². The number of hydrogen-bond acceptors (Lipinski definition) is 8. The van der Waals surface area contributed by atoms with Crippen LogP contribution < -0.4 is 14.9 Å². The lowest BCUT2D eigenvalue weighted by Gasteiger charge is -2.24.